The lowest BCUT2D eigenvalue weighted by Crippen LogP contribution is -2.03. The van der Waals surface area contributed by atoms with Gasteiger partial charge in [-0.25, -0.2) is 0 Å². The van der Waals surface area contributed by atoms with E-state index in [0.717, 1.165) is 0 Å². The van der Waals surface area contributed by atoms with E-state index in [4.69, 9.17) is 0 Å². The zero-order valence-corrected chi connectivity index (χ0v) is 7.33. The lowest BCUT2D eigenvalue weighted by Gasteiger charge is -2.16. The fourth-order valence-electron chi connectivity index (χ4n) is 0.905. The molecule has 10 heavy (non-hydrogen) atoms. The Morgan fingerprint density at radius 1 is 1.00 bits per heavy atom. The van der Waals surface area contributed by atoms with Crippen LogP contribution in [-0.4, -0.2) is 0 Å². The zero-order chi connectivity index (χ0) is 7.33. The van der Waals surface area contributed by atoms with Crippen molar-refractivity contribution in [1.29, 1.82) is 0 Å². The Morgan fingerprint density at radius 2 is 1.50 bits per heavy atom. The molecule has 0 aromatic heterocycles. The molecule has 0 fully saturated rings. The lowest BCUT2D eigenvalue weighted by molar-refractivity contribution is 0.359. The Bertz CT molecular complexity index is 56.9. The van der Waals surface area contributed by atoms with Crippen molar-refractivity contribution in [3.63, 3.8) is 0 Å². The smallest absolute Gasteiger partial charge is 0.0383 e. The van der Waals surface area contributed by atoms with Crippen LogP contribution in [0.15, 0.2) is 0 Å². The fourth-order valence-corrected chi connectivity index (χ4v) is 0.905. The normalized spacial score (nSPS) is 10.8. The minimum absolute atomic E-state index is 0. The van der Waals surface area contributed by atoms with Gasteiger partial charge in [-0.2, -0.15) is 0 Å². The molecule has 0 unspecified atom stereocenters. The minimum Gasteiger partial charge on any atom is -0.0776 e. The van der Waals surface area contributed by atoms with Gasteiger partial charge in [0.15, 0.2) is 0 Å². The predicted molar refractivity (Wildman–Crippen MR) is 50.3 cm³/mol. The van der Waals surface area contributed by atoms with Gasteiger partial charge in [0.2, 0.25) is 0 Å². The van der Waals surface area contributed by atoms with Gasteiger partial charge in [-0.15, -0.1) is 0 Å². The quantitative estimate of drug-likeness (QED) is 0.519. The average molecular weight is 144 g/mol. The SMILES string of the molecule is C.CCCCCC(C)(C)C. The first-order valence-electron chi connectivity index (χ1n) is 4.06. The molecule has 0 saturated heterocycles. The van der Waals surface area contributed by atoms with Crippen LogP contribution in [0.1, 0.15) is 60.8 Å². The summed E-state index contributed by atoms with van der Waals surface area (Å²) < 4.78 is 0. The Balaban J connectivity index is 0. The monoisotopic (exact) mass is 144 g/mol. The van der Waals surface area contributed by atoms with E-state index >= 15 is 0 Å². The first-order valence-corrected chi connectivity index (χ1v) is 4.06. The highest BCUT2D eigenvalue weighted by molar-refractivity contribution is 4.60. The number of rotatable bonds is 3. The second-order valence-corrected chi connectivity index (χ2v) is 4.02. The molecular weight excluding hydrogens is 120 g/mol. The largest absolute Gasteiger partial charge is 0.0776 e. The molecule has 0 aliphatic heterocycles. The van der Waals surface area contributed by atoms with Crippen molar-refractivity contribution in [2.75, 3.05) is 0 Å². The molecule has 0 bridgehead atoms. The minimum atomic E-state index is 0. The highest BCUT2D eigenvalue weighted by Crippen LogP contribution is 2.21. The van der Waals surface area contributed by atoms with Gasteiger partial charge >= 0.3 is 0 Å². The number of unbranched alkanes of at least 4 members (excludes halogenated alkanes) is 2. The maximum absolute atomic E-state index is 2.31. The molecule has 0 spiro atoms. The predicted octanol–water partition coefficient (Wildman–Crippen LogP) is 4.25. The summed E-state index contributed by atoms with van der Waals surface area (Å²) in [6.45, 7) is 9.18. The first-order chi connectivity index (χ1) is 4.06. The summed E-state index contributed by atoms with van der Waals surface area (Å²) in [5.41, 5.74) is 0.551. The van der Waals surface area contributed by atoms with Gasteiger partial charge in [-0.05, 0) is 11.8 Å². The van der Waals surface area contributed by atoms with Gasteiger partial charge in [0, 0.05) is 0 Å². The van der Waals surface area contributed by atoms with E-state index in [-0.39, 0.29) is 7.43 Å². The molecule has 0 aromatic carbocycles. The Hall–Kier alpha value is 0. The van der Waals surface area contributed by atoms with Gasteiger partial charge in [0.1, 0.15) is 0 Å². The van der Waals surface area contributed by atoms with Crippen LogP contribution < -0.4 is 0 Å². The van der Waals surface area contributed by atoms with E-state index in [9.17, 15) is 0 Å². The topological polar surface area (TPSA) is 0 Å². The molecule has 0 saturated carbocycles. The highest BCUT2D eigenvalue weighted by atomic mass is 14.1. The summed E-state index contributed by atoms with van der Waals surface area (Å²) in [6, 6.07) is 0. The Morgan fingerprint density at radius 3 is 1.80 bits per heavy atom. The third-order valence-corrected chi connectivity index (χ3v) is 1.53. The maximum atomic E-state index is 2.31. The van der Waals surface area contributed by atoms with Crippen molar-refractivity contribution in [3.05, 3.63) is 0 Å². The molecule has 0 heterocycles. The van der Waals surface area contributed by atoms with Crippen molar-refractivity contribution in [1.82, 2.24) is 0 Å². The van der Waals surface area contributed by atoms with E-state index < -0.39 is 0 Å². The standard InChI is InChI=1S/C9H20.CH4/c1-5-6-7-8-9(2,3)4;/h5-8H2,1-4H3;1H4. The summed E-state index contributed by atoms with van der Waals surface area (Å²) in [5.74, 6) is 0. The van der Waals surface area contributed by atoms with Crippen molar-refractivity contribution < 1.29 is 0 Å². The molecule has 0 aliphatic rings. The van der Waals surface area contributed by atoms with Crippen LogP contribution in [0.25, 0.3) is 0 Å². The molecule has 0 aromatic rings. The molecule has 64 valence electrons. The van der Waals surface area contributed by atoms with Gasteiger partial charge < -0.3 is 0 Å². The van der Waals surface area contributed by atoms with E-state index in [0.29, 0.717) is 5.41 Å². The second kappa shape index (κ2) is 5.76. The molecule has 0 heteroatoms. The molecule has 0 radical (unpaired) electrons. The summed E-state index contributed by atoms with van der Waals surface area (Å²) in [4.78, 5) is 0. The van der Waals surface area contributed by atoms with Crippen LogP contribution in [0.2, 0.25) is 0 Å². The molecule has 0 aliphatic carbocycles. The van der Waals surface area contributed by atoms with Gasteiger partial charge in [-0.1, -0.05) is 54.4 Å². The number of hydrogen-bond acceptors (Lipinski definition) is 0. The van der Waals surface area contributed by atoms with Crippen LogP contribution >= 0.6 is 0 Å². The molecule has 0 N–H and O–H groups in total. The summed E-state index contributed by atoms with van der Waals surface area (Å²) in [5, 5.41) is 0. The van der Waals surface area contributed by atoms with E-state index in [1.165, 1.54) is 25.7 Å². The van der Waals surface area contributed by atoms with Crippen LogP contribution in [-0.2, 0) is 0 Å². The van der Waals surface area contributed by atoms with Crippen molar-refractivity contribution in [2.24, 2.45) is 5.41 Å². The molecular formula is C10H24. The van der Waals surface area contributed by atoms with Crippen LogP contribution in [0, 0.1) is 5.41 Å². The zero-order valence-electron chi connectivity index (χ0n) is 7.33. The van der Waals surface area contributed by atoms with Crippen molar-refractivity contribution in [2.45, 2.75) is 60.8 Å². The van der Waals surface area contributed by atoms with Crippen molar-refractivity contribution in [3.8, 4) is 0 Å². The van der Waals surface area contributed by atoms with Crippen LogP contribution in [0.4, 0.5) is 0 Å². The fraction of sp³-hybridized carbons (Fsp3) is 1.00. The number of hydrogen-bond donors (Lipinski definition) is 0. The van der Waals surface area contributed by atoms with E-state index in [1.807, 2.05) is 0 Å². The van der Waals surface area contributed by atoms with Crippen LogP contribution in [0.5, 0.6) is 0 Å². The lowest BCUT2D eigenvalue weighted by atomic mass is 9.90. The molecule has 0 atom stereocenters. The highest BCUT2D eigenvalue weighted by Gasteiger charge is 2.07. The third kappa shape index (κ3) is 10.9. The first kappa shape index (κ1) is 12.7. The van der Waals surface area contributed by atoms with E-state index in [2.05, 4.69) is 27.7 Å². The summed E-state index contributed by atoms with van der Waals surface area (Å²) in [7, 11) is 0. The molecule has 0 nitrogen and oxygen atoms in total. The van der Waals surface area contributed by atoms with Crippen molar-refractivity contribution >= 4 is 0 Å². The van der Waals surface area contributed by atoms with E-state index in [1.54, 1.807) is 0 Å². The van der Waals surface area contributed by atoms with Gasteiger partial charge in [0.25, 0.3) is 0 Å². The third-order valence-electron chi connectivity index (χ3n) is 1.53. The summed E-state index contributed by atoms with van der Waals surface area (Å²) >= 11 is 0. The average Bonchev–Trinajstić information content (AvgIpc) is 1.63. The summed E-state index contributed by atoms with van der Waals surface area (Å²) in [6.07, 6.45) is 5.52. The maximum Gasteiger partial charge on any atom is -0.0383 e. The second-order valence-electron chi connectivity index (χ2n) is 4.02. The van der Waals surface area contributed by atoms with Gasteiger partial charge in [0.05, 0.1) is 0 Å². The van der Waals surface area contributed by atoms with Crippen LogP contribution in [0.3, 0.4) is 0 Å². The van der Waals surface area contributed by atoms with Gasteiger partial charge in [-0.3, -0.25) is 0 Å². The Labute approximate surface area is 67.0 Å². The molecule has 0 rings (SSSR count). The molecule has 0 amide bonds. The Kier molecular flexibility index (Phi) is 7.29.